The number of fused-ring (bicyclic) bond motifs is 1. The molecular formula is C20H26N6O2. The van der Waals surface area contributed by atoms with Crippen molar-refractivity contribution in [2.24, 2.45) is 5.92 Å². The number of H-pyrrole nitrogens is 2. The summed E-state index contributed by atoms with van der Waals surface area (Å²) >= 11 is 0. The maximum Gasteiger partial charge on any atom is 0.317 e. The summed E-state index contributed by atoms with van der Waals surface area (Å²) in [4.78, 5) is 22.6. The quantitative estimate of drug-likeness (QED) is 0.610. The number of carbonyl (C=O) groups excluding carboxylic acids is 1. The van der Waals surface area contributed by atoms with Gasteiger partial charge in [-0.3, -0.25) is 5.10 Å². The van der Waals surface area contributed by atoms with Gasteiger partial charge in [0.2, 0.25) is 0 Å². The Morgan fingerprint density at radius 3 is 3.14 bits per heavy atom. The molecule has 4 rings (SSSR count). The number of aromatic amines is 2. The van der Waals surface area contributed by atoms with Crippen LogP contribution in [0.1, 0.15) is 30.1 Å². The fraction of sp³-hybridized carbons (Fsp3) is 0.450. The molecule has 3 heterocycles. The normalized spacial score (nSPS) is 17.2. The molecule has 1 aliphatic rings. The van der Waals surface area contributed by atoms with Gasteiger partial charge in [-0.25, -0.2) is 9.78 Å². The summed E-state index contributed by atoms with van der Waals surface area (Å²) < 4.78 is 5.06. The highest BCUT2D eigenvalue weighted by molar-refractivity contribution is 5.75. The van der Waals surface area contributed by atoms with Crippen LogP contribution in [-0.4, -0.2) is 51.3 Å². The number of hydrogen-bond donors (Lipinski definition) is 3. The Hall–Kier alpha value is -2.87. The van der Waals surface area contributed by atoms with Gasteiger partial charge in [0.15, 0.2) is 0 Å². The molecular weight excluding hydrogens is 356 g/mol. The van der Waals surface area contributed by atoms with Crippen LogP contribution in [0.3, 0.4) is 0 Å². The summed E-state index contributed by atoms with van der Waals surface area (Å²) in [5.41, 5.74) is 3.76. The number of imidazole rings is 1. The lowest BCUT2D eigenvalue weighted by Crippen LogP contribution is -2.45. The molecule has 1 aromatic carbocycles. The lowest BCUT2D eigenvalue weighted by atomic mass is 9.95. The maximum atomic E-state index is 12.6. The first-order valence-corrected chi connectivity index (χ1v) is 9.70. The lowest BCUT2D eigenvalue weighted by Gasteiger charge is -2.32. The van der Waals surface area contributed by atoms with Crippen LogP contribution in [0.5, 0.6) is 0 Å². The first kappa shape index (κ1) is 18.5. The van der Waals surface area contributed by atoms with Gasteiger partial charge in [0.25, 0.3) is 0 Å². The number of para-hydroxylation sites is 2. The summed E-state index contributed by atoms with van der Waals surface area (Å²) in [5, 5.41) is 10.1. The van der Waals surface area contributed by atoms with E-state index in [1.807, 2.05) is 35.2 Å². The smallest absolute Gasteiger partial charge is 0.317 e. The van der Waals surface area contributed by atoms with Crippen molar-refractivity contribution in [2.75, 3.05) is 20.2 Å². The van der Waals surface area contributed by atoms with Gasteiger partial charge in [-0.05, 0) is 37.0 Å². The van der Waals surface area contributed by atoms with Crippen LogP contribution in [0.15, 0.2) is 30.3 Å². The van der Waals surface area contributed by atoms with Crippen molar-refractivity contribution in [1.29, 1.82) is 0 Å². The molecule has 0 bridgehead atoms. The van der Waals surface area contributed by atoms with Crippen LogP contribution in [0.4, 0.5) is 4.79 Å². The Balaban J connectivity index is 1.30. The Morgan fingerprint density at radius 1 is 1.39 bits per heavy atom. The Morgan fingerprint density at radius 2 is 2.29 bits per heavy atom. The zero-order valence-electron chi connectivity index (χ0n) is 16.1. The van der Waals surface area contributed by atoms with Gasteiger partial charge in [0, 0.05) is 26.6 Å². The van der Waals surface area contributed by atoms with Crippen molar-refractivity contribution in [3.8, 4) is 0 Å². The van der Waals surface area contributed by atoms with Crippen molar-refractivity contribution in [2.45, 2.75) is 32.4 Å². The number of ether oxygens (including phenoxy) is 1. The number of rotatable bonds is 6. The van der Waals surface area contributed by atoms with Gasteiger partial charge >= 0.3 is 6.03 Å². The van der Waals surface area contributed by atoms with Gasteiger partial charge in [-0.1, -0.05) is 12.1 Å². The molecule has 2 amide bonds. The van der Waals surface area contributed by atoms with Gasteiger partial charge in [-0.15, -0.1) is 0 Å². The second-order valence-corrected chi connectivity index (χ2v) is 7.34. The average molecular weight is 382 g/mol. The highest BCUT2D eigenvalue weighted by Gasteiger charge is 2.24. The van der Waals surface area contributed by atoms with E-state index in [2.05, 4.69) is 25.5 Å². The van der Waals surface area contributed by atoms with E-state index in [9.17, 15) is 4.79 Å². The molecule has 1 saturated heterocycles. The molecule has 1 fully saturated rings. The number of amides is 2. The molecule has 0 saturated carbocycles. The monoisotopic (exact) mass is 382 g/mol. The van der Waals surface area contributed by atoms with Gasteiger partial charge in [-0.2, -0.15) is 5.10 Å². The largest absolute Gasteiger partial charge is 0.378 e. The molecule has 2 aromatic heterocycles. The molecule has 1 aliphatic heterocycles. The van der Waals surface area contributed by atoms with E-state index in [4.69, 9.17) is 4.74 Å². The number of likely N-dealkylation sites (tertiary alicyclic amines) is 1. The van der Waals surface area contributed by atoms with E-state index in [1.54, 1.807) is 7.11 Å². The zero-order valence-corrected chi connectivity index (χ0v) is 16.1. The third kappa shape index (κ3) is 4.33. The topological polar surface area (TPSA) is 98.9 Å². The number of hydrogen-bond acceptors (Lipinski definition) is 4. The molecule has 0 radical (unpaired) electrons. The highest BCUT2D eigenvalue weighted by atomic mass is 16.5. The van der Waals surface area contributed by atoms with E-state index in [-0.39, 0.29) is 6.03 Å². The minimum absolute atomic E-state index is 0.0304. The summed E-state index contributed by atoms with van der Waals surface area (Å²) in [5.74, 6) is 1.41. The zero-order chi connectivity index (χ0) is 19.3. The second-order valence-electron chi connectivity index (χ2n) is 7.34. The molecule has 8 nitrogen and oxygen atoms in total. The fourth-order valence-electron chi connectivity index (χ4n) is 3.80. The van der Waals surface area contributed by atoms with Crippen LogP contribution in [-0.2, 0) is 24.3 Å². The standard InChI is InChI=1S/C20H26N6O2/c1-28-13-16-10-15(24-25-16)11-21-20(27)26-8-4-5-14(12-26)9-19-22-17-6-2-3-7-18(17)23-19/h2-3,6-7,10,14H,4-5,8-9,11-13H2,1H3,(H,21,27)(H,22,23)(H,24,25). The second kappa shape index (κ2) is 8.43. The van der Waals surface area contributed by atoms with E-state index >= 15 is 0 Å². The molecule has 3 aromatic rings. The predicted molar refractivity (Wildman–Crippen MR) is 106 cm³/mol. The molecule has 0 aliphatic carbocycles. The Kier molecular flexibility index (Phi) is 5.57. The molecule has 0 spiro atoms. The van der Waals surface area contributed by atoms with Gasteiger partial charge in [0.1, 0.15) is 5.82 Å². The predicted octanol–water partition coefficient (Wildman–Crippen LogP) is 2.60. The van der Waals surface area contributed by atoms with Crippen LogP contribution in [0, 0.1) is 5.92 Å². The van der Waals surface area contributed by atoms with Crippen LogP contribution in [0.25, 0.3) is 11.0 Å². The number of nitrogens with one attached hydrogen (secondary N) is 3. The number of carbonyl (C=O) groups is 1. The third-order valence-electron chi connectivity index (χ3n) is 5.13. The molecule has 28 heavy (non-hydrogen) atoms. The van der Waals surface area contributed by atoms with E-state index in [1.165, 1.54) is 0 Å². The number of aromatic nitrogens is 4. The molecule has 1 atom stereocenters. The minimum atomic E-state index is -0.0304. The van der Waals surface area contributed by atoms with Gasteiger partial charge in [0.05, 0.1) is 35.6 Å². The number of urea groups is 1. The maximum absolute atomic E-state index is 12.6. The first-order valence-electron chi connectivity index (χ1n) is 9.70. The summed E-state index contributed by atoms with van der Waals surface area (Å²) in [6.45, 7) is 2.43. The molecule has 8 heteroatoms. The average Bonchev–Trinajstić information content (AvgIpc) is 3.32. The first-order chi connectivity index (χ1) is 13.7. The van der Waals surface area contributed by atoms with Crippen molar-refractivity contribution >= 4 is 17.1 Å². The summed E-state index contributed by atoms with van der Waals surface area (Å²) in [6, 6.07) is 9.94. The van der Waals surface area contributed by atoms with Crippen molar-refractivity contribution in [1.82, 2.24) is 30.4 Å². The van der Waals surface area contributed by atoms with E-state index in [0.29, 0.717) is 19.1 Å². The van der Waals surface area contributed by atoms with Crippen molar-refractivity contribution in [3.05, 3.63) is 47.5 Å². The number of methoxy groups -OCH3 is 1. The highest BCUT2D eigenvalue weighted by Crippen LogP contribution is 2.21. The third-order valence-corrected chi connectivity index (χ3v) is 5.13. The molecule has 1 unspecified atom stereocenters. The number of nitrogens with zero attached hydrogens (tertiary/aromatic N) is 3. The Labute approximate surface area is 163 Å². The van der Waals surface area contributed by atoms with Gasteiger partial charge < -0.3 is 19.9 Å². The van der Waals surface area contributed by atoms with E-state index < -0.39 is 0 Å². The molecule has 3 N–H and O–H groups in total. The van der Waals surface area contributed by atoms with Crippen molar-refractivity contribution < 1.29 is 9.53 Å². The summed E-state index contributed by atoms with van der Waals surface area (Å²) in [6.07, 6.45) is 2.99. The Bertz CT molecular complexity index is 901. The molecule has 148 valence electrons. The number of piperidine rings is 1. The number of benzene rings is 1. The van der Waals surface area contributed by atoms with E-state index in [0.717, 1.165) is 60.6 Å². The fourth-order valence-corrected chi connectivity index (χ4v) is 3.80. The minimum Gasteiger partial charge on any atom is -0.378 e. The lowest BCUT2D eigenvalue weighted by molar-refractivity contribution is 0.164. The summed E-state index contributed by atoms with van der Waals surface area (Å²) in [7, 11) is 1.63. The van der Waals surface area contributed by atoms with Crippen LogP contribution < -0.4 is 5.32 Å². The van der Waals surface area contributed by atoms with Crippen molar-refractivity contribution in [3.63, 3.8) is 0 Å². The SMILES string of the molecule is COCc1cc(CNC(=O)N2CCCC(Cc3nc4ccccc4[nH]3)C2)[nH]n1. The van der Waals surface area contributed by atoms with Crippen LogP contribution >= 0.6 is 0 Å². The van der Waals surface area contributed by atoms with Crippen LogP contribution in [0.2, 0.25) is 0 Å².